The van der Waals surface area contributed by atoms with Gasteiger partial charge >= 0.3 is 5.69 Å². The summed E-state index contributed by atoms with van der Waals surface area (Å²) in [5.41, 5.74) is 1.02. The summed E-state index contributed by atoms with van der Waals surface area (Å²) in [6, 6.07) is 3.40. The van der Waals surface area contributed by atoms with Crippen molar-refractivity contribution in [3.63, 3.8) is 0 Å². The average Bonchev–Trinajstić information content (AvgIpc) is 2.59. The van der Waals surface area contributed by atoms with Crippen molar-refractivity contribution in [2.75, 3.05) is 5.32 Å². The van der Waals surface area contributed by atoms with Gasteiger partial charge in [0.25, 0.3) is 0 Å². The molecule has 2 aromatic rings. The SMILES string of the molecule is Cc1[nH]nc(Nc2ccnc(Br)c2)c1[N+](=O)[O-]. The molecule has 2 aromatic heterocycles. The number of nitrogens with zero attached hydrogens (tertiary/aromatic N) is 3. The minimum Gasteiger partial charge on any atom is -0.333 e. The van der Waals surface area contributed by atoms with E-state index >= 15 is 0 Å². The molecule has 0 aliphatic rings. The van der Waals surface area contributed by atoms with E-state index in [1.165, 1.54) is 0 Å². The van der Waals surface area contributed by atoms with Gasteiger partial charge in [0.2, 0.25) is 5.82 Å². The monoisotopic (exact) mass is 297 g/mol. The molecular formula is C9H8BrN5O2. The number of hydrogen-bond acceptors (Lipinski definition) is 5. The van der Waals surface area contributed by atoms with Crippen molar-refractivity contribution in [3.8, 4) is 0 Å². The number of aromatic amines is 1. The average molecular weight is 298 g/mol. The van der Waals surface area contributed by atoms with Gasteiger partial charge in [-0.15, -0.1) is 5.10 Å². The highest BCUT2D eigenvalue weighted by Crippen LogP contribution is 2.28. The molecule has 0 saturated heterocycles. The summed E-state index contributed by atoms with van der Waals surface area (Å²) in [6.45, 7) is 1.60. The van der Waals surface area contributed by atoms with E-state index in [4.69, 9.17) is 0 Å². The summed E-state index contributed by atoms with van der Waals surface area (Å²) in [7, 11) is 0. The van der Waals surface area contributed by atoms with Crippen LogP contribution < -0.4 is 5.32 Å². The molecule has 0 radical (unpaired) electrons. The quantitative estimate of drug-likeness (QED) is 0.515. The van der Waals surface area contributed by atoms with Gasteiger partial charge in [0.1, 0.15) is 10.3 Å². The highest BCUT2D eigenvalue weighted by atomic mass is 79.9. The van der Waals surface area contributed by atoms with E-state index < -0.39 is 4.92 Å². The Bertz CT molecular complexity index is 568. The van der Waals surface area contributed by atoms with Gasteiger partial charge < -0.3 is 5.32 Å². The molecule has 0 saturated carbocycles. The summed E-state index contributed by atoms with van der Waals surface area (Å²) in [5.74, 6) is 0.186. The van der Waals surface area contributed by atoms with Gasteiger partial charge in [-0.1, -0.05) is 0 Å². The van der Waals surface area contributed by atoms with Gasteiger partial charge in [0, 0.05) is 11.9 Å². The first-order valence-electron chi connectivity index (χ1n) is 4.66. The van der Waals surface area contributed by atoms with Gasteiger partial charge in [-0.2, -0.15) is 0 Å². The molecule has 2 N–H and O–H groups in total. The Morgan fingerprint density at radius 3 is 3.00 bits per heavy atom. The zero-order valence-electron chi connectivity index (χ0n) is 8.77. The molecule has 0 fully saturated rings. The topological polar surface area (TPSA) is 96.7 Å². The van der Waals surface area contributed by atoms with Crippen LogP contribution >= 0.6 is 15.9 Å². The van der Waals surface area contributed by atoms with Crippen LogP contribution in [0.2, 0.25) is 0 Å². The number of H-pyrrole nitrogens is 1. The minimum atomic E-state index is -0.475. The van der Waals surface area contributed by atoms with E-state index in [0.717, 1.165) is 0 Å². The Hall–Kier alpha value is -1.96. The Labute approximate surface area is 105 Å². The van der Waals surface area contributed by atoms with Crippen LogP contribution in [0.5, 0.6) is 0 Å². The largest absolute Gasteiger partial charge is 0.333 e. The number of pyridine rings is 1. The first kappa shape index (κ1) is 11.5. The number of nitro groups is 1. The van der Waals surface area contributed by atoms with Crippen molar-refractivity contribution >= 4 is 33.1 Å². The summed E-state index contributed by atoms with van der Waals surface area (Å²) >= 11 is 3.21. The predicted octanol–water partition coefficient (Wildman–Crippen LogP) is 2.53. The maximum absolute atomic E-state index is 10.8. The van der Waals surface area contributed by atoms with Crippen LogP contribution in [0, 0.1) is 17.0 Å². The lowest BCUT2D eigenvalue weighted by Crippen LogP contribution is -1.96. The second-order valence-electron chi connectivity index (χ2n) is 3.30. The van der Waals surface area contributed by atoms with Crippen LogP contribution in [0.4, 0.5) is 17.2 Å². The van der Waals surface area contributed by atoms with Crippen LogP contribution in [-0.2, 0) is 0 Å². The highest BCUT2D eigenvalue weighted by molar-refractivity contribution is 9.10. The molecule has 17 heavy (non-hydrogen) atoms. The van der Waals surface area contributed by atoms with E-state index in [0.29, 0.717) is 16.0 Å². The van der Waals surface area contributed by atoms with Crippen LogP contribution in [0.3, 0.4) is 0 Å². The van der Waals surface area contributed by atoms with E-state index in [2.05, 4.69) is 36.4 Å². The first-order valence-corrected chi connectivity index (χ1v) is 5.45. The number of halogens is 1. The van der Waals surface area contributed by atoms with Gasteiger partial charge in [-0.25, -0.2) is 4.98 Å². The molecule has 2 heterocycles. The molecule has 0 aliphatic heterocycles. The predicted molar refractivity (Wildman–Crippen MR) is 65.2 cm³/mol. The van der Waals surface area contributed by atoms with Crippen LogP contribution in [-0.4, -0.2) is 20.1 Å². The molecule has 8 heteroatoms. The Kier molecular flexibility index (Phi) is 3.05. The van der Waals surface area contributed by atoms with Crippen molar-refractivity contribution in [2.45, 2.75) is 6.92 Å². The van der Waals surface area contributed by atoms with E-state index in [1.54, 1.807) is 25.3 Å². The van der Waals surface area contributed by atoms with Crippen LogP contribution in [0.1, 0.15) is 5.69 Å². The number of nitrogens with one attached hydrogen (secondary N) is 2. The summed E-state index contributed by atoms with van der Waals surface area (Å²) in [5, 5.41) is 20.1. The number of rotatable bonds is 3. The molecule has 2 rings (SSSR count). The Morgan fingerprint density at radius 1 is 1.59 bits per heavy atom. The third kappa shape index (κ3) is 2.41. The van der Waals surface area contributed by atoms with E-state index in [-0.39, 0.29) is 11.5 Å². The third-order valence-corrected chi connectivity index (χ3v) is 2.52. The summed E-state index contributed by atoms with van der Waals surface area (Å²) in [4.78, 5) is 14.3. The maximum atomic E-state index is 10.8. The van der Waals surface area contributed by atoms with Gasteiger partial charge in [-0.05, 0) is 35.0 Å². The maximum Gasteiger partial charge on any atom is 0.333 e. The van der Waals surface area contributed by atoms with Crippen LogP contribution in [0.25, 0.3) is 0 Å². The fourth-order valence-corrected chi connectivity index (χ4v) is 1.72. The standard InChI is InChI=1S/C9H8BrN5O2/c1-5-8(15(16)17)9(14-13-5)12-6-2-3-11-7(10)4-6/h2-4H,1H3,(H2,11,12,13,14). The molecule has 0 aliphatic carbocycles. The normalized spacial score (nSPS) is 10.2. The van der Waals surface area contributed by atoms with Crippen molar-refractivity contribution in [1.82, 2.24) is 15.2 Å². The van der Waals surface area contributed by atoms with Gasteiger partial charge in [-0.3, -0.25) is 15.2 Å². The molecule has 7 nitrogen and oxygen atoms in total. The van der Waals surface area contributed by atoms with E-state index in [1.807, 2.05) is 0 Å². The molecule has 0 amide bonds. The van der Waals surface area contributed by atoms with Gasteiger partial charge in [0.15, 0.2) is 0 Å². The fourth-order valence-electron chi connectivity index (χ4n) is 1.35. The smallest absolute Gasteiger partial charge is 0.333 e. The molecular weight excluding hydrogens is 290 g/mol. The Balaban J connectivity index is 2.33. The number of aryl methyl sites for hydroxylation is 1. The molecule has 0 unspecified atom stereocenters. The number of hydrogen-bond donors (Lipinski definition) is 2. The Morgan fingerprint density at radius 2 is 2.35 bits per heavy atom. The lowest BCUT2D eigenvalue weighted by atomic mass is 10.3. The van der Waals surface area contributed by atoms with Crippen molar-refractivity contribution in [1.29, 1.82) is 0 Å². The molecule has 88 valence electrons. The molecule has 0 bridgehead atoms. The second-order valence-corrected chi connectivity index (χ2v) is 4.11. The fraction of sp³-hybridized carbons (Fsp3) is 0.111. The van der Waals surface area contributed by atoms with Crippen molar-refractivity contribution in [2.24, 2.45) is 0 Å². The summed E-state index contributed by atoms with van der Waals surface area (Å²) in [6.07, 6.45) is 1.58. The van der Waals surface area contributed by atoms with Crippen molar-refractivity contribution in [3.05, 3.63) is 38.7 Å². The van der Waals surface area contributed by atoms with Gasteiger partial charge in [0.05, 0.1) is 4.92 Å². The molecule has 0 spiro atoms. The zero-order chi connectivity index (χ0) is 12.4. The lowest BCUT2D eigenvalue weighted by Gasteiger charge is -2.02. The minimum absolute atomic E-state index is 0.0575. The second kappa shape index (κ2) is 4.50. The number of aromatic nitrogens is 3. The lowest BCUT2D eigenvalue weighted by molar-refractivity contribution is -0.384. The molecule has 0 atom stereocenters. The third-order valence-electron chi connectivity index (χ3n) is 2.09. The highest BCUT2D eigenvalue weighted by Gasteiger charge is 2.21. The zero-order valence-corrected chi connectivity index (χ0v) is 10.4. The summed E-state index contributed by atoms with van der Waals surface area (Å²) < 4.78 is 0.636. The first-order chi connectivity index (χ1) is 8.08. The number of anilines is 2. The molecule has 0 aromatic carbocycles. The van der Waals surface area contributed by atoms with Crippen molar-refractivity contribution < 1.29 is 4.92 Å². The van der Waals surface area contributed by atoms with E-state index in [9.17, 15) is 10.1 Å². The van der Waals surface area contributed by atoms with Crippen LogP contribution in [0.15, 0.2) is 22.9 Å².